The van der Waals surface area contributed by atoms with Crippen molar-refractivity contribution in [3.63, 3.8) is 0 Å². The Bertz CT molecular complexity index is 935. The molecule has 0 saturated carbocycles. The van der Waals surface area contributed by atoms with E-state index in [1.807, 2.05) is 18.2 Å². The highest BCUT2D eigenvalue weighted by Gasteiger charge is 2.20. The maximum Gasteiger partial charge on any atom is 0.387 e. The number of nitrogens with two attached hydrogens (primary N) is 1. The minimum atomic E-state index is -2.89. The van der Waals surface area contributed by atoms with Gasteiger partial charge in [0.15, 0.2) is 5.82 Å². The van der Waals surface area contributed by atoms with E-state index in [2.05, 4.69) is 20.3 Å². The Kier molecular flexibility index (Phi) is 6.09. The van der Waals surface area contributed by atoms with Gasteiger partial charge in [-0.3, -0.25) is 4.79 Å². The molecule has 1 heterocycles. The molecule has 1 aromatic heterocycles. The molecule has 1 unspecified atom stereocenters. The summed E-state index contributed by atoms with van der Waals surface area (Å²) in [4.78, 5) is 12.3. The van der Waals surface area contributed by atoms with Crippen molar-refractivity contribution < 1.29 is 18.3 Å². The third-order valence-electron chi connectivity index (χ3n) is 3.69. The van der Waals surface area contributed by atoms with Crippen LogP contribution in [0.3, 0.4) is 0 Å². The summed E-state index contributed by atoms with van der Waals surface area (Å²) < 4.78 is 30.0. The number of para-hydroxylation sites is 1. The summed E-state index contributed by atoms with van der Waals surface area (Å²) in [7, 11) is 0. The van der Waals surface area contributed by atoms with E-state index >= 15 is 0 Å². The van der Waals surface area contributed by atoms with Crippen LogP contribution in [0.4, 0.5) is 14.5 Å². The van der Waals surface area contributed by atoms with Crippen LogP contribution in [0.2, 0.25) is 0 Å². The average molecular weight is 405 g/mol. The predicted molar refractivity (Wildman–Crippen MR) is 103 cm³/mol. The molecule has 0 saturated heterocycles. The third-order valence-corrected chi connectivity index (χ3v) is 4.75. The number of aromatic nitrogens is 3. The van der Waals surface area contributed by atoms with E-state index in [9.17, 15) is 13.6 Å². The summed E-state index contributed by atoms with van der Waals surface area (Å²) in [6, 6.07) is 15.0. The summed E-state index contributed by atoms with van der Waals surface area (Å²) in [5.41, 5.74) is 1.27. The van der Waals surface area contributed by atoms with Crippen molar-refractivity contribution in [1.29, 1.82) is 0 Å². The largest absolute Gasteiger partial charge is 0.435 e. The van der Waals surface area contributed by atoms with Crippen molar-refractivity contribution in [2.45, 2.75) is 23.9 Å². The number of carbonyl (C=O) groups is 1. The first-order valence-corrected chi connectivity index (χ1v) is 9.10. The fourth-order valence-electron chi connectivity index (χ4n) is 2.32. The maximum atomic E-state index is 12.3. The second kappa shape index (κ2) is 8.70. The molecule has 3 N–H and O–H groups in total. The number of rotatable bonds is 7. The topological polar surface area (TPSA) is 95.1 Å². The summed E-state index contributed by atoms with van der Waals surface area (Å²) in [6.45, 7) is -1.16. The van der Waals surface area contributed by atoms with Crippen molar-refractivity contribution in [3.05, 3.63) is 54.6 Å². The molecular formula is C18H17F2N5O2S. The molecule has 3 aromatic rings. The fourth-order valence-corrected chi connectivity index (χ4v) is 3.09. The number of carbonyl (C=O) groups excluding carboxylic acids is 1. The molecule has 0 fully saturated rings. The monoisotopic (exact) mass is 405 g/mol. The quantitative estimate of drug-likeness (QED) is 0.462. The van der Waals surface area contributed by atoms with Gasteiger partial charge >= 0.3 is 6.61 Å². The zero-order valence-electron chi connectivity index (χ0n) is 14.8. The molecule has 0 spiro atoms. The van der Waals surface area contributed by atoms with Crippen LogP contribution < -0.4 is 15.9 Å². The van der Waals surface area contributed by atoms with E-state index in [4.69, 9.17) is 5.84 Å². The smallest absolute Gasteiger partial charge is 0.387 e. The SMILES string of the molecule is CC(Sc1nnc(-c2ccc(OC(F)F)cc2)n1N)C(=O)Nc1ccccc1. The first kappa shape index (κ1) is 19.6. The van der Waals surface area contributed by atoms with Crippen LogP contribution in [-0.2, 0) is 4.79 Å². The second-order valence-electron chi connectivity index (χ2n) is 5.69. The summed E-state index contributed by atoms with van der Waals surface area (Å²) in [5.74, 6) is 6.21. The van der Waals surface area contributed by atoms with Crippen LogP contribution in [0, 0.1) is 0 Å². The Morgan fingerprint density at radius 2 is 1.82 bits per heavy atom. The van der Waals surface area contributed by atoms with E-state index in [1.54, 1.807) is 31.2 Å². The number of alkyl halides is 2. The number of halogens is 2. The normalized spacial score (nSPS) is 12.0. The first-order chi connectivity index (χ1) is 13.4. The number of thioether (sulfide) groups is 1. The summed E-state index contributed by atoms with van der Waals surface area (Å²) in [6.07, 6.45) is 0. The number of hydrogen-bond acceptors (Lipinski definition) is 6. The van der Waals surface area contributed by atoms with Crippen molar-refractivity contribution >= 4 is 23.4 Å². The lowest BCUT2D eigenvalue weighted by atomic mass is 10.2. The van der Waals surface area contributed by atoms with Crippen LogP contribution >= 0.6 is 11.8 Å². The van der Waals surface area contributed by atoms with Crippen LogP contribution in [-0.4, -0.2) is 32.6 Å². The molecular weight excluding hydrogens is 388 g/mol. The number of nitrogens with zero attached hydrogens (tertiary/aromatic N) is 3. The summed E-state index contributed by atoms with van der Waals surface area (Å²) in [5, 5.41) is 10.7. The van der Waals surface area contributed by atoms with Crippen molar-refractivity contribution in [2.24, 2.45) is 0 Å². The van der Waals surface area contributed by atoms with Gasteiger partial charge < -0.3 is 15.9 Å². The lowest BCUT2D eigenvalue weighted by molar-refractivity contribution is -0.115. The Hall–Kier alpha value is -3.14. The number of hydrogen-bond donors (Lipinski definition) is 2. The van der Waals surface area contributed by atoms with Gasteiger partial charge in [-0.05, 0) is 43.3 Å². The maximum absolute atomic E-state index is 12.3. The van der Waals surface area contributed by atoms with Crippen LogP contribution in [0.1, 0.15) is 6.92 Å². The molecule has 3 rings (SSSR count). The molecule has 1 amide bonds. The highest BCUT2D eigenvalue weighted by atomic mass is 32.2. The molecule has 146 valence electrons. The molecule has 28 heavy (non-hydrogen) atoms. The van der Waals surface area contributed by atoms with Crippen molar-refractivity contribution in [1.82, 2.24) is 14.9 Å². The highest BCUT2D eigenvalue weighted by Crippen LogP contribution is 2.26. The number of benzene rings is 2. The average Bonchev–Trinajstić information content (AvgIpc) is 3.03. The zero-order valence-corrected chi connectivity index (χ0v) is 15.6. The predicted octanol–water partition coefficient (Wildman–Crippen LogP) is 3.38. The van der Waals surface area contributed by atoms with Crippen LogP contribution in [0.15, 0.2) is 59.8 Å². The second-order valence-corrected chi connectivity index (χ2v) is 7.00. The number of nitrogens with one attached hydrogen (secondary N) is 1. The van der Waals surface area contributed by atoms with Gasteiger partial charge in [0.1, 0.15) is 5.75 Å². The van der Waals surface area contributed by atoms with Gasteiger partial charge in [-0.1, -0.05) is 30.0 Å². The molecule has 0 aliphatic heterocycles. The number of amides is 1. The molecule has 0 aliphatic rings. The molecule has 0 aliphatic carbocycles. The Morgan fingerprint density at radius 1 is 1.14 bits per heavy atom. The molecule has 7 nitrogen and oxygen atoms in total. The highest BCUT2D eigenvalue weighted by molar-refractivity contribution is 8.00. The Labute approximate surface area is 163 Å². The van der Waals surface area contributed by atoms with Crippen molar-refractivity contribution in [3.8, 4) is 17.1 Å². The number of nitrogen functional groups attached to an aromatic ring is 1. The molecule has 0 bridgehead atoms. The Balaban J connectivity index is 1.68. The van der Waals surface area contributed by atoms with Gasteiger partial charge in [-0.15, -0.1) is 10.2 Å². The number of ether oxygens (including phenoxy) is 1. The molecule has 1 atom stereocenters. The van der Waals surface area contributed by atoms with Gasteiger partial charge in [-0.25, -0.2) is 4.68 Å². The van der Waals surface area contributed by atoms with E-state index in [1.165, 1.54) is 16.8 Å². The first-order valence-electron chi connectivity index (χ1n) is 8.22. The zero-order chi connectivity index (χ0) is 20.1. The van der Waals surface area contributed by atoms with E-state index in [-0.39, 0.29) is 11.7 Å². The minimum Gasteiger partial charge on any atom is -0.435 e. The molecule has 2 aromatic carbocycles. The fraction of sp³-hybridized carbons (Fsp3) is 0.167. The van der Waals surface area contributed by atoms with Gasteiger partial charge in [-0.2, -0.15) is 8.78 Å². The van der Waals surface area contributed by atoms with Gasteiger partial charge in [0.05, 0.1) is 5.25 Å². The molecule has 0 radical (unpaired) electrons. The lowest BCUT2D eigenvalue weighted by Crippen LogP contribution is -2.23. The van der Waals surface area contributed by atoms with Gasteiger partial charge in [0.25, 0.3) is 0 Å². The standard InChI is InChI=1S/C18H17F2N5O2S/c1-11(16(26)22-13-5-3-2-4-6-13)28-18-24-23-15(25(18)21)12-7-9-14(10-8-12)27-17(19)20/h2-11,17H,21H2,1H3,(H,22,26). The number of anilines is 1. The van der Waals surface area contributed by atoms with Gasteiger partial charge in [0.2, 0.25) is 11.1 Å². The van der Waals surface area contributed by atoms with Crippen LogP contribution in [0.25, 0.3) is 11.4 Å². The minimum absolute atomic E-state index is 0.0302. The lowest BCUT2D eigenvalue weighted by Gasteiger charge is -2.11. The Morgan fingerprint density at radius 3 is 2.46 bits per heavy atom. The summed E-state index contributed by atoms with van der Waals surface area (Å²) >= 11 is 1.15. The molecule has 10 heteroatoms. The van der Waals surface area contributed by atoms with Gasteiger partial charge in [0, 0.05) is 11.3 Å². The third kappa shape index (κ3) is 4.77. The van der Waals surface area contributed by atoms with Crippen molar-refractivity contribution in [2.75, 3.05) is 11.2 Å². The van der Waals surface area contributed by atoms with E-state index in [0.29, 0.717) is 22.2 Å². The van der Waals surface area contributed by atoms with Crippen LogP contribution in [0.5, 0.6) is 5.75 Å². The van der Waals surface area contributed by atoms with E-state index in [0.717, 1.165) is 11.8 Å². The van der Waals surface area contributed by atoms with E-state index < -0.39 is 11.9 Å².